The Morgan fingerprint density at radius 2 is 1.96 bits per heavy atom. The number of carbonyl (C=O) groups is 1. The number of sulfonamides is 1. The summed E-state index contributed by atoms with van der Waals surface area (Å²) in [5, 5.41) is 16.6. The molecule has 1 heterocycles. The first-order chi connectivity index (χ1) is 11.3. The first kappa shape index (κ1) is 18.1. The molecule has 24 heavy (non-hydrogen) atoms. The summed E-state index contributed by atoms with van der Waals surface area (Å²) in [4.78, 5) is 21.3. The second kappa shape index (κ2) is 7.58. The number of amides is 1. The fraction of sp³-hybridized carbons (Fsp3) is 0.500. The van der Waals surface area contributed by atoms with Gasteiger partial charge in [-0.05, 0) is 25.0 Å². The molecule has 1 aromatic rings. The largest absolute Gasteiger partial charge is 0.378 e. The summed E-state index contributed by atoms with van der Waals surface area (Å²) in [5.74, 6) is -0.196. The molecule has 0 spiro atoms. The van der Waals surface area contributed by atoms with Gasteiger partial charge in [0.1, 0.15) is 5.69 Å². The molecule has 0 atom stereocenters. The molecule has 1 aromatic carbocycles. The van der Waals surface area contributed by atoms with Gasteiger partial charge in [-0.25, -0.2) is 8.42 Å². The van der Waals surface area contributed by atoms with Crippen molar-refractivity contribution in [2.45, 2.75) is 24.7 Å². The van der Waals surface area contributed by atoms with Crippen LogP contribution in [-0.2, 0) is 14.8 Å². The van der Waals surface area contributed by atoms with E-state index in [1.54, 1.807) is 0 Å². The molecule has 1 fully saturated rings. The van der Waals surface area contributed by atoms with Gasteiger partial charge in [-0.15, -0.1) is 0 Å². The van der Waals surface area contributed by atoms with Gasteiger partial charge >= 0.3 is 0 Å². The smallest absolute Gasteiger partial charge is 0.293 e. The van der Waals surface area contributed by atoms with E-state index in [2.05, 4.69) is 10.6 Å². The molecule has 1 saturated heterocycles. The summed E-state index contributed by atoms with van der Waals surface area (Å²) in [6, 6.07) is 3.82. The Kier molecular flexibility index (Phi) is 5.73. The lowest BCUT2D eigenvalue weighted by Gasteiger charge is -2.16. The molecule has 1 aliphatic rings. The lowest BCUT2D eigenvalue weighted by molar-refractivity contribution is -0.384. The number of nitrogens with zero attached hydrogens (tertiary/aromatic N) is 2. The van der Waals surface area contributed by atoms with Crippen LogP contribution < -0.4 is 10.6 Å². The Bertz CT molecular complexity index is 729. The van der Waals surface area contributed by atoms with Crippen LogP contribution in [0.3, 0.4) is 0 Å². The van der Waals surface area contributed by atoms with Gasteiger partial charge in [0.2, 0.25) is 15.9 Å². The van der Waals surface area contributed by atoms with Crippen LogP contribution in [0.15, 0.2) is 23.1 Å². The van der Waals surface area contributed by atoms with Crippen LogP contribution in [-0.4, -0.2) is 49.7 Å². The third-order valence-electron chi connectivity index (χ3n) is 3.68. The van der Waals surface area contributed by atoms with E-state index in [0.29, 0.717) is 26.2 Å². The van der Waals surface area contributed by atoms with E-state index in [0.717, 1.165) is 18.9 Å². The SMILES string of the molecule is CC(=O)NCCNc1ccc(S(=O)(=O)N2CCCC2)cc1[N+](=O)[O-]. The number of hydrogen-bond acceptors (Lipinski definition) is 6. The van der Waals surface area contributed by atoms with E-state index in [1.807, 2.05) is 0 Å². The molecular formula is C14H20N4O5S. The Morgan fingerprint density at radius 3 is 2.54 bits per heavy atom. The number of anilines is 1. The number of benzene rings is 1. The summed E-state index contributed by atoms with van der Waals surface area (Å²) in [6.07, 6.45) is 1.59. The topological polar surface area (TPSA) is 122 Å². The average molecular weight is 356 g/mol. The van der Waals surface area contributed by atoms with Crippen molar-refractivity contribution in [3.05, 3.63) is 28.3 Å². The number of carbonyl (C=O) groups excluding carboxylic acids is 1. The summed E-state index contributed by atoms with van der Waals surface area (Å²) in [5.41, 5.74) is -0.0937. The Balaban J connectivity index is 2.20. The quantitative estimate of drug-likeness (QED) is 0.426. The molecule has 0 aliphatic carbocycles. The first-order valence-corrected chi connectivity index (χ1v) is 9.03. The Labute approximate surface area is 140 Å². The fourth-order valence-electron chi connectivity index (χ4n) is 2.49. The maximum absolute atomic E-state index is 12.5. The summed E-state index contributed by atoms with van der Waals surface area (Å²) in [7, 11) is -3.70. The molecule has 2 rings (SSSR count). The molecule has 0 radical (unpaired) electrons. The molecule has 0 unspecified atom stereocenters. The third kappa shape index (κ3) is 4.20. The molecule has 0 saturated carbocycles. The number of hydrogen-bond donors (Lipinski definition) is 2. The summed E-state index contributed by atoms with van der Waals surface area (Å²) < 4.78 is 26.3. The predicted octanol–water partition coefficient (Wildman–Crippen LogP) is 0.927. The van der Waals surface area contributed by atoms with Crippen LogP contribution in [0.5, 0.6) is 0 Å². The van der Waals surface area contributed by atoms with E-state index in [-0.39, 0.29) is 22.2 Å². The highest BCUT2D eigenvalue weighted by molar-refractivity contribution is 7.89. The van der Waals surface area contributed by atoms with Gasteiger partial charge in [0.05, 0.1) is 9.82 Å². The van der Waals surface area contributed by atoms with Crippen LogP contribution in [0.2, 0.25) is 0 Å². The molecule has 10 heteroatoms. The van der Waals surface area contributed by atoms with Gasteiger partial charge in [-0.3, -0.25) is 14.9 Å². The minimum absolute atomic E-state index is 0.0801. The van der Waals surface area contributed by atoms with E-state index >= 15 is 0 Å². The van der Waals surface area contributed by atoms with Crippen molar-refractivity contribution in [3.63, 3.8) is 0 Å². The molecule has 2 N–H and O–H groups in total. The van der Waals surface area contributed by atoms with Crippen molar-refractivity contribution in [2.75, 3.05) is 31.5 Å². The average Bonchev–Trinajstić information content (AvgIpc) is 3.06. The van der Waals surface area contributed by atoms with Gasteiger partial charge in [0.25, 0.3) is 5.69 Å². The highest BCUT2D eigenvalue weighted by Crippen LogP contribution is 2.29. The first-order valence-electron chi connectivity index (χ1n) is 7.59. The van der Waals surface area contributed by atoms with E-state index in [4.69, 9.17) is 0 Å². The highest BCUT2D eigenvalue weighted by Gasteiger charge is 2.29. The van der Waals surface area contributed by atoms with Gasteiger partial charge in [-0.2, -0.15) is 4.31 Å². The summed E-state index contributed by atoms with van der Waals surface area (Å²) >= 11 is 0. The van der Waals surface area contributed by atoms with Crippen molar-refractivity contribution in [1.82, 2.24) is 9.62 Å². The zero-order valence-electron chi connectivity index (χ0n) is 13.3. The van der Waals surface area contributed by atoms with Crippen LogP contribution in [0.1, 0.15) is 19.8 Å². The van der Waals surface area contributed by atoms with Crippen LogP contribution in [0.25, 0.3) is 0 Å². The van der Waals surface area contributed by atoms with Crippen LogP contribution >= 0.6 is 0 Å². The molecule has 1 aliphatic heterocycles. The maximum atomic E-state index is 12.5. The number of nitrogens with one attached hydrogen (secondary N) is 2. The second-order valence-corrected chi connectivity index (χ2v) is 7.39. The van der Waals surface area contributed by atoms with Gasteiger partial charge in [-0.1, -0.05) is 0 Å². The number of rotatable bonds is 7. The monoisotopic (exact) mass is 356 g/mol. The predicted molar refractivity (Wildman–Crippen MR) is 88.3 cm³/mol. The number of nitro benzene ring substituents is 1. The maximum Gasteiger partial charge on any atom is 0.293 e. The third-order valence-corrected chi connectivity index (χ3v) is 5.58. The van der Waals surface area contributed by atoms with Crippen molar-refractivity contribution < 1.29 is 18.1 Å². The lowest BCUT2D eigenvalue weighted by atomic mass is 10.2. The van der Waals surface area contributed by atoms with E-state index in [9.17, 15) is 23.3 Å². The van der Waals surface area contributed by atoms with E-state index in [1.165, 1.54) is 23.4 Å². The minimum Gasteiger partial charge on any atom is -0.378 e. The van der Waals surface area contributed by atoms with Gasteiger partial charge < -0.3 is 10.6 Å². The van der Waals surface area contributed by atoms with Gasteiger partial charge in [0.15, 0.2) is 0 Å². The number of nitro groups is 1. The van der Waals surface area contributed by atoms with Crippen molar-refractivity contribution in [1.29, 1.82) is 0 Å². The second-order valence-electron chi connectivity index (χ2n) is 5.46. The molecule has 1 amide bonds. The Hall–Kier alpha value is -2.20. The lowest BCUT2D eigenvalue weighted by Crippen LogP contribution is -2.28. The van der Waals surface area contributed by atoms with E-state index < -0.39 is 14.9 Å². The molecule has 0 bridgehead atoms. The summed E-state index contributed by atoms with van der Waals surface area (Å²) in [6.45, 7) is 2.85. The molecule has 132 valence electrons. The van der Waals surface area contributed by atoms with Crippen LogP contribution in [0.4, 0.5) is 11.4 Å². The molecular weight excluding hydrogens is 336 g/mol. The highest BCUT2D eigenvalue weighted by atomic mass is 32.2. The van der Waals surface area contributed by atoms with Crippen LogP contribution in [0, 0.1) is 10.1 Å². The van der Waals surface area contributed by atoms with Crippen molar-refractivity contribution in [3.8, 4) is 0 Å². The van der Waals surface area contributed by atoms with Gasteiger partial charge in [0, 0.05) is 39.2 Å². The Morgan fingerprint density at radius 1 is 1.29 bits per heavy atom. The zero-order chi connectivity index (χ0) is 17.7. The normalized spacial score (nSPS) is 15.2. The van der Waals surface area contributed by atoms with Crippen molar-refractivity contribution in [2.24, 2.45) is 0 Å². The fourth-order valence-corrected chi connectivity index (χ4v) is 4.02. The minimum atomic E-state index is -3.70. The zero-order valence-corrected chi connectivity index (χ0v) is 14.1. The molecule has 0 aromatic heterocycles. The molecule has 9 nitrogen and oxygen atoms in total. The van der Waals surface area contributed by atoms with Crippen molar-refractivity contribution >= 4 is 27.3 Å². The standard InChI is InChI=1S/C14H20N4O5S/c1-11(19)15-6-7-16-13-5-4-12(10-14(13)18(20)21)24(22,23)17-8-2-3-9-17/h4-5,10,16H,2-3,6-9H2,1H3,(H,15,19).